The third-order valence-corrected chi connectivity index (χ3v) is 6.23. The van der Waals surface area contributed by atoms with Crippen LogP contribution in [-0.4, -0.2) is 43.2 Å². The van der Waals surface area contributed by atoms with Crippen molar-refractivity contribution in [2.75, 3.05) is 17.3 Å². The van der Waals surface area contributed by atoms with Crippen molar-refractivity contribution in [2.45, 2.75) is 18.2 Å². The minimum Gasteiger partial charge on any atom is -0.352 e. The molecule has 1 amide bonds. The number of carbonyl (C=O) groups excluding carboxylic acids is 1. The molecular formula is C15H18N4OS2. The highest BCUT2D eigenvalue weighted by molar-refractivity contribution is 8.06. The van der Waals surface area contributed by atoms with Crippen molar-refractivity contribution in [3.05, 3.63) is 42.5 Å². The van der Waals surface area contributed by atoms with Crippen LogP contribution in [0.25, 0.3) is 5.69 Å². The lowest BCUT2D eigenvalue weighted by molar-refractivity contribution is -0.121. The van der Waals surface area contributed by atoms with E-state index in [1.807, 2.05) is 47.8 Å². The Labute approximate surface area is 138 Å². The summed E-state index contributed by atoms with van der Waals surface area (Å²) in [5, 5.41) is 7.58. The summed E-state index contributed by atoms with van der Waals surface area (Å²) in [5.41, 5.74) is 2.01. The van der Waals surface area contributed by atoms with Gasteiger partial charge in [-0.05, 0) is 17.7 Å². The number of nitrogens with zero attached hydrogens (tertiary/aromatic N) is 3. The minimum atomic E-state index is 0.131. The summed E-state index contributed by atoms with van der Waals surface area (Å²) in [4.78, 5) is 16.0. The molecule has 2 aromatic rings. The Morgan fingerprint density at radius 3 is 3.14 bits per heavy atom. The molecule has 0 radical (unpaired) electrons. The molecule has 22 heavy (non-hydrogen) atoms. The lowest BCUT2D eigenvalue weighted by Gasteiger charge is -2.20. The number of amides is 1. The highest BCUT2D eigenvalue weighted by Gasteiger charge is 2.17. The second-order valence-corrected chi connectivity index (χ2v) is 7.62. The summed E-state index contributed by atoms with van der Waals surface area (Å²) >= 11 is 3.86. The molecule has 1 aliphatic rings. The summed E-state index contributed by atoms with van der Waals surface area (Å²) in [5.74, 6) is 3.58. The molecule has 1 fully saturated rings. The van der Waals surface area contributed by atoms with E-state index in [-0.39, 0.29) is 5.91 Å². The van der Waals surface area contributed by atoms with Crippen LogP contribution in [0, 0.1) is 0 Å². The third kappa shape index (κ3) is 4.27. The molecule has 1 N–H and O–H groups in total. The average molecular weight is 334 g/mol. The first-order valence-corrected chi connectivity index (χ1v) is 9.41. The predicted molar refractivity (Wildman–Crippen MR) is 91.4 cm³/mol. The van der Waals surface area contributed by atoms with Gasteiger partial charge in [0.2, 0.25) is 5.91 Å². The van der Waals surface area contributed by atoms with Crippen molar-refractivity contribution >= 4 is 29.4 Å². The first-order chi connectivity index (χ1) is 10.8. The Kier molecular flexibility index (Phi) is 5.39. The molecule has 5 nitrogen and oxygen atoms in total. The second kappa shape index (κ2) is 7.69. The number of hydrogen-bond acceptors (Lipinski definition) is 5. The van der Waals surface area contributed by atoms with Crippen LogP contribution in [0.3, 0.4) is 0 Å². The van der Waals surface area contributed by atoms with E-state index in [4.69, 9.17) is 0 Å². The number of rotatable bonds is 5. The van der Waals surface area contributed by atoms with E-state index >= 15 is 0 Å². The van der Waals surface area contributed by atoms with Crippen molar-refractivity contribution in [3.8, 4) is 5.69 Å². The first-order valence-electron chi connectivity index (χ1n) is 7.21. The van der Waals surface area contributed by atoms with Crippen molar-refractivity contribution < 1.29 is 4.79 Å². The van der Waals surface area contributed by atoms with Gasteiger partial charge >= 0.3 is 0 Å². The number of hydrogen-bond donors (Lipinski definition) is 1. The predicted octanol–water partition coefficient (Wildman–Crippen LogP) is 2.12. The maximum absolute atomic E-state index is 12.0. The molecule has 1 aliphatic heterocycles. The summed E-state index contributed by atoms with van der Waals surface area (Å²) < 4.78 is 1.71. The molecule has 7 heteroatoms. The Hall–Kier alpha value is -1.47. The number of aromatic nitrogens is 3. The molecule has 2 heterocycles. The van der Waals surface area contributed by atoms with Crippen LogP contribution < -0.4 is 5.32 Å². The van der Waals surface area contributed by atoms with E-state index in [9.17, 15) is 4.79 Å². The standard InChI is InChI=1S/C15H18N4OS2/c20-15(7-14-9-21-4-5-22-14)17-8-12-2-1-3-13(6-12)19-11-16-10-18-19/h1-3,6,10-11,14H,4-5,7-9H2,(H,17,20)/t14-/m0/s1. The molecule has 3 rings (SSSR count). The molecule has 0 aliphatic carbocycles. The lowest BCUT2D eigenvalue weighted by atomic mass is 10.2. The van der Waals surface area contributed by atoms with Crippen LogP contribution in [0.1, 0.15) is 12.0 Å². The van der Waals surface area contributed by atoms with Crippen molar-refractivity contribution in [1.29, 1.82) is 0 Å². The van der Waals surface area contributed by atoms with Gasteiger partial charge in [0, 0.05) is 35.5 Å². The van der Waals surface area contributed by atoms with Gasteiger partial charge in [-0.2, -0.15) is 28.6 Å². The monoisotopic (exact) mass is 334 g/mol. The van der Waals surface area contributed by atoms with Gasteiger partial charge in [0.15, 0.2) is 0 Å². The van der Waals surface area contributed by atoms with Gasteiger partial charge in [0.1, 0.15) is 12.7 Å². The SMILES string of the molecule is O=C(C[C@H]1CSCCS1)NCc1cccc(-n2cncn2)c1. The zero-order valence-electron chi connectivity index (χ0n) is 12.1. The van der Waals surface area contributed by atoms with Crippen LogP contribution in [0.5, 0.6) is 0 Å². The summed E-state index contributed by atoms with van der Waals surface area (Å²) in [6.07, 6.45) is 3.78. The maximum atomic E-state index is 12.0. The Balaban J connectivity index is 1.52. The fourth-order valence-corrected chi connectivity index (χ4v) is 4.96. The van der Waals surface area contributed by atoms with E-state index in [0.29, 0.717) is 18.2 Å². The molecular weight excluding hydrogens is 316 g/mol. The van der Waals surface area contributed by atoms with E-state index in [1.54, 1.807) is 11.0 Å². The van der Waals surface area contributed by atoms with Crippen LogP contribution in [-0.2, 0) is 11.3 Å². The smallest absolute Gasteiger partial charge is 0.221 e. The molecule has 0 saturated carbocycles. The normalized spacial score (nSPS) is 18.1. The number of nitrogens with one attached hydrogen (secondary N) is 1. The molecule has 116 valence electrons. The van der Waals surface area contributed by atoms with E-state index in [2.05, 4.69) is 15.4 Å². The average Bonchev–Trinajstić information content (AvgIpc) is 3.09. The second-order valence-electron chi connectivity index (χ2n) is 5.06. The largest absolute Gasteiger partial charge is 0.352 e. The van der Waals surface area contributed by atoms with Crippen LogP contribution in [0.15, 0.2) is 36.9 Å². The number of thioether (sulfide) groups is 2. The zero-order valence-corrected chi connectivity index (χ0v) is 13.8. The van der Waals surface area contributed by atoms with Crippen LogP contribution >= 0.6 is 23.5 Å². The molecule has 0 spiro atoms. The maximum Gasteiger partial charge on any atom is 0.221 e. The summed E-state index contributed by atoms with van der Waals surface area (Å²) in [6, 6.07) is 7.95. The molecule has 0 unspecified atom stereocenters. The minimum absolute atomic E-state index is 0.131. The van der Waals surface area contributed by atoms with E-state index in [0.717, 1.165) is 22.8 Å². The number of carbonyl (C=O) groups is 1. The van der Waals surface area contributed by atoms with Gasteiger partial charge in [0.25, 0.3) is 0 Å². The quantitative estimate of drug-likeness (QED) is 0.908. The van der Waals surface area contributed by atoms with Gasteiger partial charge in [-0.25, -0.2) is 9.67 Å². The highest BCUT2D eigenvalue weighted by Crippen LogP contribution is 2.26. The van der Waals surface area contributed by atoms with Gasteiger partial charge < -0.3 is 5.32 Å². The topological polar surface area (TPSA) is 59.8 Å². The van der Waals surface area contributed by atoms with E-state index < -0.39 is 0 Å². The Bertz CT molecular complexity index is 612. The van der Waals surface area contributed by atoms with Crippen LogP contribution in [0.4, 0.5) is 0 Å². The fraction of sp³-hybridized carbons (Fsp3) is 0.400. The summed E-state index contributed by atoms with van der Waals surface area (Å²) in [7, 11) is 0. The molecule has 1 aromatic heterocycles. The van der Waals surface area contributed by atoms with Gasteiger partial charge in [0.05, 0.1) is 5.69 Å². The summed E-state index contributed by atoms with van der Waals surface area (Å²) in [6.45, 7) is 0.548. The van der Waals surface area contributed by atoms with Crippen molar-refractivity contribution in [1.82, 2.24) is 20.1 Å². The van der Waals surface area contributed by atoms with Crippen LogP contribution in [0.2, 0.25) is 0 Å². The fourth-order valence-electron chi connectivity index (χ4n) is 2.28. The van der Waals surface area contributed by atoms with E-state index in [1.165, 1.54) is 12.1 Å². The zero-order chi connectivity index (χ0) is 15.2. The highest BCUT2D eigenvalue weighted by atomic mass is 32.2. The molecule has 1 atom stereocenters. The Morgan fingerprint density at radius 2 is 2.36 bits per heavy atom. The third-order valence-electron chi connectivity index (χ3n) is 3.38. The molecule has 1 aromatic carbocycles. The Morgan fingerprint density at radius 1 is 1.41 bits per heavy atom. The van der Waals surface area contributed by atoms with Gasteiger partial charge in [-0.15, -0.1) is 0 Å². The van der Waals surface area contributed by atoms with Crippen molar-refractivity contribution in [2.24, 2.45) is 0 Å². The molecule has 1 saturated heterocycles. The number of benzene rings is 1. The first kappa shape index (κ1) is 15.4. The van der Waals surface area contributed by atoms with Gasteiger partial charge in [-0.3, -0.25) is 4.79 Å². The van der Waals surface area contributed by atoms with Crippen molar-refractivity contribution in [3.63, 3.8) is 0 Å². The van der Waals surface area contributed by atoms with Gasteiger partial charge in [-0.1, -0.05) is 12.1 Å². The lowest BCUT2D eigenvalue weighted by Crippen LogP contribution is -2.28. The molecule has 0 bridgehead atoms.